The molecular formula is C5H10N2O4. The highest BCUT2D eigenvalue weighted by Gasteiger charge is 2.15. The van der Waals surface area contributed by atoms with E-state index in [0.29, 0.717) is 0 Å². The van der Waals surface area contributed by atoms with E-state index in [9.17, 15) is 9.59 Å². The molecular weight excluding hydrogens is 152 g/mol. The van der Waals surface area contributed by atoms with Crippen molar-refractivity contribution < 1.29 is 19.2 Å². The molecule has 0 aliphatic rings. The number of alkyl carbamates (subject to hydrolysis) is 1. The monoisotopic (exact) mass is 162 g/mol. The first kappa shape index (κ1) is 9.70. The predicted molar refractivity (Wildman–Crippen MR) is 35.3 cm³/mol. The molecule has 0 spiro atoms. The van der Waals surface area contributed by atoms with Crippen LogP contribution in [0.4, 0.5) is 4.79 Å². The number of carbonyl (C=O) groups is 2. The van der Waals surface area contributed by atoms with Gasteiger partial charge in [0, 0.05) is 0 Å². The molecule has 0 rings (SSSR count). The lowest BCUT2D eigenvalue weighted by Gasteiger charge is -2.08. The summed E-state index contributed by atoms with van der Waals surface area (Å²) >= 11 is 0. The van der Waals surface area contributed by atoms with E-state index < -0.39 is 18.1 Å². The fraction of sp³-hybridized carbons (Fsp3) is 0.600. The summed E-state index contributed by atoms with van der Waals surface area (Å²) in [7, 11) is 1.19. The third kappa shape index (κ3) is 3.41. The minimum atomic E-state index is -0.799. The predicted octanol–water partition coefficient (Wildman–Crippen LogP) is -0.852. The van der Waals surface area contributed by atoms with E-state index in [-0.39, 0.29) is 0 Å². The van der Waals surface area contributed by atoms with Gasteiger partial charge in [-0.05, 0) is 6.92 Å². The molecule has 1 atom stereocenters. The Bertz CT molecular complexity index is 159. The van der Waals surface area contributed by atoms with Gasteiger partial charge in [0.25, 0.3) is 0 Å². The molecule has 6 nitrogen and oxygen atoms in total. The van der Waals surface area contributed by atoms with Crippen molar-refractivity contribution in [2.75, 3.05) is 7.11 Å². The smallest absolute Gasteiger partial charge is 0.407 e. The van der Waals surface area contributed by atoms with Crippen LogP contribution in [0.5, 0.6) is 0 Å². The highest BCUT2D eigenvalue weighted by molar-refractivity contribution is 5.80. The Labute approximate surface area is 63.6 Å². The number of nitrogens with one attached hydrogen (secondary N) is 1. The van der Waals surface area contributed by atoms with E-state index in [0.717, 1.165) is 0 Å². The first-order chi connectivity index (χ1) is 5.11. The number of amides is 1. The van der Waals surface area contributed by atoms with Crippen LogP contribution in [0.3, 0.4) is 0 Å². The average molecular weight is 162 g/mol. The van der Waals surface area contributed by atoms with E-state index in [1.165, 1.54) is 14.0 Å². The summed E-state index contributed by atoms with van der Waals surface area (Å²) in [6.45, 7) is 1.42. The van der Waals surface area contributed by atoms with Gasteiger partial charge >= 0.3 is 12.1 Å². The van der Waals surface area contributed by atoms with Crippen LogP contribution >= 0.6 is 0 Å². The summed E-state index contributed by atoms with van der Waals surface area (Å²) in [6, 6.07) is -0.799. The average Bonchev–Trinajstić information content (AvgIpc) is 2.02. The minimum absolute atomic E-state index is 0.706. The highest BCUT2D eigenvalue weighted by atomic mass is 16.7. The molecule has 0 aromatic carbocycles. The van der Waals surface area contributed by atoms with Crippen molar-refractivity contribution in [3.63, 3.8) is 0 Å². The van der Waals surface area contributed by atoms with Gasteiger partial charge in [-0.1, -0.05) is 0 Å². The number of carbonyl (C=O) groups excluding carboxylic acids is 2. The van der Waals surface area contributed by atoms with Crippen LogP contribution in [0.2, 0.25) is 0 Å². The quantitative estimate of drug-likeness (QED) is 0.516. The Morgan fingerprint density at radius 2 is 2.09 bits per heavy atom. The van der Waals surface area contributed by atoms with Crippen LogP contribution < -0.4 is 11.2 Å². The number of hydrogen-bond acceptors (Lipinski definition) is 5. The van der Waals surface area contributed by atoms with Crippen LogP contribution in [-0.4, -0.2) is 25.2 Å². The van der Waals surface area contributed by atoms with E-state index in [1.807, 2.05) is 0 Å². The van der Waals surface area contributed by atoms with Crippen LogP contribution in [0.25, 0.3) is 0 Å². The molecule has 1 amide bonds. The number of nitrogens with two attached hydrogens (primary N) is 1. The molecule has 0 aromatic heterocycles. The molecule has 0 saturated carbocycles. The van der Waals surface area contributed by atoms with Crippen LogP contribution in [0, 0.1) is 0 Å². The Morgan fingerprint density at radius 1 is 1.55 bits per heavy atom. The zero-order valence-electron chi connectivity index (χ0n) is 6.29. The largest absolute Gasteiger partial charge is 0.453 e. The van der Waals surface area contributed by atoms with Crippen molar-refractivity contribution in [3.05, 3.63) is 0 Å². The molecule has 0 heterocycles. The fourth-order valence-corrected chi connectivity index (χ4v) is 0.397. The van der Waals surface area contributed by atoms with Crippen LogP contribution in [-0.2, 0) is 14.4 Å². The van der Waals surface area contributed by atoms with Gasteiger partial charge in [0.1, 0.15) is 6.04 Å². The Kier molecular flexibility index (Phi) is 3.97. The van der Waals surface area contributed by atoms with Crippen LogP contribution in [0.1, 0.15) is 6.92 Å². The number of ether oxygens (including phenoxy) is 1. The third-order valence-electron chi connectivity index (χ3n) is 0.989. The SMILES string of the molecule is COC(=O)NC(C)C(=O)ON. The Morgan fingerprint density at radius 3 is 2.45 bits per heavy atom. The highest BCUT2D eigenvalue weighted by Crippen LogP contribution is 1.84. The molecule has 3 N–H and O–H groups in total. The van der Waals surface area contributed by atoms with Gasteiger partial charge in [0.05, 0.1) is 7.11 Å². The summed E-state index contributed by atoms with van der Waals surface area (Å²) in [5, 5.41) is 2.16. The van der Waals surface area contributed by atoms with Crippen molar-refractivity contribution in [1.82, 2.24) is 5.32 Å². The molecule has 64 valence electrons. The van der Waals surface area contributed by atoms with Gasteiger partial charge in [-0.2, -0.15) is 5.90 Å². The first-order valence-electron chi connectivity index (χ1n) is 2.87. The number of hydrogen-bond donors (Lipinski definition) is 2. The lowest BCUT2D eigenvalue weighted by Crippen LogP contribution is -2.40. The van der Waals surface area contributed by atoms with Gasteiger partial charge in [-0.25, -0.2) is 9.59 Å². The van der Waals surface area contributed by atoms with Crippen molar-refractivity contribution >= 4 is 12.1 Å². The molecule has 11 heavy (non-hydrogen) atoms. The molecule has 6 heteroatoms. The maximum Gasteiger partial charge on any atom is 0.407 e. The summed E-state index contributed by atoms with van der Waals surface area (Å²) in [5.74, 6) is 3.82. The zero-order valence-corrected chi connectivity index (χ0v) is 6.29. The van der Waals surface area contributed by atoms with Crippen LogP contribution in [0.15, 0.2) is 0 Å². The van der Waals surface area contributed by atoms with Crippen molar-refractivity contribution in [2.24, 2.45) is 5.90 Å². The molecule has 0 aromatic rings. The summed E-state index contributed by atoms with van der Waals surface area (Å²) < 4.78 is 4.22. The van der Waals surface area contributed by atoms with Crippen molar-refractivity contribution in [2.45, 2.75) is 13.0 Å². The molecule has 0 saturated heterocycles. The second-order valence-electron chi connectivity index (χ2n) is 1.79. The number of rotatable bonds is 2. The molecule has 0 aliphatic heterocycles. The van der Waals surface area contributed by atoms with Gasteiger partial charge in [-0.15, -0.1) is 0 Å². The van der Waals surface area contributed by atoms with E-state index in [4.69, 9.17) is 0 Å². The summed E-state index contributed by atoms with van der Waals surface area (Å²) in [6.07, 6.45) is -0.706. The zero-order chi connectivity index (χ0) is 8.85. The first-order valence-corrected chi connectivity index (χ1v) is 2.87. The molecule has 1 unspecified atom stereocenters. The molecule has 0 aliphatic carbocycles. The van der Waals surface area contributed by atoms with Gasteiger partial charge in [0.15, 0.2) is 0 Å². The standard InChI is InChI=1S/C5H10N2O4/c1-3(4(8)11-6)7-5(9)10-2/h3H,6H2,1-2H3,(H,7,9). The molecule has 0 fully saturated rings. The van der Waals surface area contributed by atoms with Gasteiger partial charge < -0.3 is 14.9 Å². The third-order valence-corrected chi connectivity index (χ3v) is 0.989. The second kappa shape index (κ2) is 4.51. The Hall–Kier alpha value is -1.30. The minimum Gasteiger partial charge on any atom is -0.453 e. The fourth-order valence-electron chi connectivity index (χ4n) is 0.397. The number of methoxy groups -OCH3 is 1. The maximum absolute atomic E-state index is 10.5. The Balaban J connectivity index is 3.77. The second-order valence-corrected chi connectivity index (χ2v) is 1.79. The van der Waals surface area contributed by atoms with E-state index in [2.05, 4.69) is 20.8 Å². The topological polar surface area (TPSA) is 90.6 Å². The maximum atomic E-state index is 10.5. The van der Waals surface area contributed by atoms with Crippen molar-refractivity contribution in [3.8, 4) is 0 Å². The lowest BCUT2D eigenvalue weighted by molar-refractivity contribution is -0.146. The van der Waals surface area contributed by atoms with E-state index >= 15 is 0 Å². The summed E-state index contributed by atoms with van der Waals surface area (Å²) in [5.41, 5.74) is 0. The van der Waals surface area contributed by atoms with Gasteiger partial charge in [0.2, 0.25) is 0 Å². The molecule has 0 radical (unpaired) electrons. The van der Waals surface area contributed by atoms with E-state index in [1.54, 1.807) is 0 Å². The van der Waals surface area contributed by atoms with Gasteiger partial charge in [-0.3, -0.25) is 0 Å². The van der Waals surface area contributed by atoms with Crippen molar-refractivity contribution in [1.29, 1.82) is 0 Å². The summed E-state index contributed by atoms with van der Waals surface area (Å²) in [4.78, 5) is 24.9. The normalized spacial score (nSPS) is 11.5. The lowest BCUT2D eigenvalue weighted by atomic mass is 10.3. The molecule has 0 bridgehead atoms.